The van der Waals surface area contributed by atoms with E-state index in [-0.39, 0.29) is 345 Å². The molecule has 0 saturated carbocycles. The van der Waals surface area contributed by atoms with Crippen molar-refractivity contribution in [2.75, 3.05) is 0 Å². The molecule has 0 bridgehead atoms. The number of hydrogen-bond donors (Lipinski definition) is 0. The fourth-order valence-electron chi connectivity index (χ4n) is 5.93. The number of pyridine rings is 10. The molecule has 0 N–H and O–H groups in total. The van der Waals surface area contributed by atoms with Crippen LogP contribution in [0.15, 0.2) is 177 Å². The van der Waals surface area contributed by atoms with Crippen LogP contribution in [0.4, 0.5) is 92.2 Å². The van der Waals surface area contributed by atoms with Crippen molar-refractivity contribution in [1.82, 2.24) is 49.8 Å². The fourth-order valence-corrected chi connectivity index (χ4v) is 7.89. The summed E-state index contributed by atoms with van der Waals surface area (Å²) >= 11 is 53.0. The standard InChI is InChI=1S/C7H6F3N.C7H9N.3C6H2Cl2F3N.3C6H3ClF3N.C6H6ClN.C6H7N.10CH3.10Nb/c8-7(9,10)5-6-1-3-11-4-2-6;1-6-4-3-5-7(2)8-6;7-4-1-3(6(9,10)11)2-12-5(4)8;2*7-4-1-3(6(9,10)11)2-5(8)12-4;7-5-1-2-11-3-4(5)6(8,9)10;7-5-2-1-4(3-11-5)6(8,9)10;7-5-4(6(8,9)10)2-1-3-11-5;1-5-4-6(7)2-3-8-5;1-6-4-2-3-5-7-6;;;;;;;;;;;;;;;;;;;;/h1-4H,5H2;3-5H,1-2H3;3*1-2H;3*1-3H;2-4H,1H3;2-5H,1H3;10*1H3;;;;;;;;;;/q;;;;;;;;;;10*-1;;;;;;;;;;. The van der Waals surface area contributed by atoms with E-state index in [4.69, 9.17) is 116 Å². The Morgan fingerprint density at radius 3 is 0.911 bits per heavy atom. The Morgan fingerprint density at radius 1 is 0.260 bits per heavy atom. The van der Waals surface area contributed by atoms with E-state index in [9.17, 15) is 92.2 Å². The molecule has 0 spiro atoms. The van der Waals surface area contributed by atoms with Crippen LogP contribution in [0, 0.1) is 102 Å². The Hall–Kier alpha value is 0.333. The van der Waals surface area contributed by atoms with Gasteiger partial charge in [-0.2, -0.15) is 92.2 Å². The first-order valence-corrected chi connectivity index (χ1v) is 30.6. The Labute approximate surface area is 911 Å². The third-order valence-corrected chi connectivity index (χ3v) is 12.9. The summed E-state index contributed by atoms with van der Waals surface area (Å²) in [5.41, 5.74) is -0.843. The van der Waals surface area contributed by atoms with Crippen LogP contribution in [0.25, 0.3) is 0 Å². The Balaban J connectivity index is -0.0000000525. The molecule has 10 rings (SSSR count). The smallest absolute Gasteiger partial charge is 0.358 e. The van der Waals surface area contributed by atoms with Crippen LogP contribution in [0.3, 0.4) is 0 Å². The van der Waals surface area contributed by atoms with E-state index in [2.05, 4.69) is 49.8 Å². The number of alkyl halides is 21. The Bertz CT molecular complexity index is 3940. The van der Waals surface area contributed by atoms with Gasteiger partial charge in [-0.1, -0.05) is 128 Å². The first-order chi connectivity index (χ1) is 47.3. The number of aryl methyl sites for hydroxylation is 4. The molecule has 0 unspecified atom stereocenters. The molecule has 0 aliphatic rings. The quantitative estimate of drug-likeness (QED) is 0.0678. The van der Waals surface area contributed by atoms with E-state index in [1.807, 2.05) is 70.2 Å². The topological polar surface area (TPSA) is 129 Å². The molecule has 0 aliphatic carbocycles. The van der Waals surface area contributed by atoms with Crippen LogP contribution in [-0.2, 0) is 267 Å². The zero-order valence-electron chi connectivity index (χ0n) is 66.1. The molecule has 10 aromatic rings. The van der Waals surface area contributed by atoms with Crippen molar-refractivity contribution in [3.63, 3.8) is 0 Å². The third kappa shape index (κ3) is 82.7. The van der Waals surface area contributed by atoms with Gasteiger partial charge in [0.15, 0.2) is 0 Å². The molecule has 10 nitrogen and oxygen atoms in total. The zero-order chi connectivity index (χ0) is 78.9. The van der Waals surface area contributed by atoms with Crippen LogP contribution in [0.1, 0.15) is 61.7 Å². The number of rotatable bonds is 1. The Kier molecular flexibility index (Phi) is 120. The maximum Gasteiger partial charge on any atom is 0.419 e. The number of halogens is 31. The second kappa shape index (κ2) is 85.3. The summed E-state index contributed by atoms with van der Waals surface area (Å²) in [4.78, 5) is 35.6. The normalized spacial score (nSPS) is 9.29. The summed E-state index contributed by atoms with van der Waals surface area (Å²) in [5, 5.41) is -1.45. The van der Waals surface area contributed by atoms with Crippen molar-refractivity contribution in [2.45, 2.75) is 77.3 Å². The maximum absolute atomic E-state index is 12.0. The molecule has 123 heavy (non-hydrogen) atoms. The minimum atomic E-state index is -4.43. The molecule has 10 radical (unpaired) electrons. The van der Waals surface area contributed by atoms with Gasteiger partial charge < -0.3 is 74.3 Å². The summed E-state index contributed by atoms with van der Waals surface area (Å²) < 4.78 is 250. The van der Waals surface area contributed by atoms with Crippen molar-refractivity contribution in [3.8, 4) is 0 Å². The monoisotopic (exact) mass is 2760 g/mol. The average Bonchev–Trinajstić information content (AvgIpc) is 0.875. The molecule has 51 heteroatoms. The van der Waals surface area contributed by atoms with Crippen molar-refractivity contribution in [1.29, 1.82) is 0 Å². The van der Waals surface area contributed by atoms with Crippen LogP contribution in [0.5, 0.6) is 0 Å². The molecule has 0 aromatic carbocycles. The third-order valence-electron chi connectivity index (χ3n) is 10.3. The molecule has 0 amide bonds. The maximum atomic E-state index is 12.0. The number of nitrogens with zero attached hydrogens (tertiary/aromatic N) is 10. The van der Waals surface area contributed by atoms with Crippen LogP contribution < -0.4 is 0 Å². The summed E-state index contributed by atoms with van der Waals surface area (Å²) in [6.45, 7) is 7.87. The SMILES string of the molecule is Cc1cc(Cl)ccn1.Cc1cccc(C)n1.Cc1ccccn1.FC(F)(F)Cc1ccncc1.FC(F)(F)c1cc(Cl)nc(Cl)c1.FC(F)(F)c1cc(Cl)nc(Cl)c1.FC(F)(F)c1ccc(Cl)nc1.FC(F)(F)c1cccnc1Cl.FC(F)(F)c1cnc(Cl)c(Cl)c1.FC(F)(F)c1cnccc1Cl.[CH3-].[CH3-].[CH3-].[CH3-].[CH3-].[CH3-].[CH3-].[CH3-].[CH3-].[CH3-].[Nb].[Nb].[Nb].[Nb].[Nb].[Nb].[Nb].[Nb].[Nb].[Nb]. The first-order valence-electron chi connectivity index (χ1n) is 26.8. The second-order valence-corrected chi connectivity index (χ2v) is 22.6. The minimum absolute atomic E-state index is 0. The largest absolute Gasteiger partial charge is 0.419 e. The minimum Gasteiger partial charge on any atom is -0.358 e. The summed E-state index contributed by atoms with van der Waals surface area (Å²) in [5.74, 6) is 0. The van der Waals surface area contributed by atoms with Crippen molar-refractivity contribution >= 4 is 116 Å². The molecule has 0 fully saturated rings. The van der Waals surface area contributed by atoms with E-state index in [1.165, 1.54) is 43.0 Å². The van der Waals surface area contributed by atoms with Crippen molar-refractivity contribution in [2.24, 2.45) is 0 Å². The Morgan fingerprint density at radius 2 is 0.642 bits per heavy atom. The van der Waals surface area contributed by atoms with Gasteiger partial charge in [0.25, 0.3) is 0 Å². The van der Waals surface area contributed by atoms with E-state index < -0.39 is 88.2 Å². The zero-order valence-corrected chi connectivity index (χ0v) is 95.7. The van der Waals surface area contributed by atoms with E-state index in [0.29, 0.717) is 42.9 Å². The molecule has 0 aliphatic heterocycles. The molecular weight excluding hydrogens is 2690 g/mol. The molecule has 0 saturated heterocycles. The van der Waals surface area contributed by atoms with Crippen LogP contribution in [-0.4, -0.2) is 56.0 Å². The molecule has 10 aromatic heterocycles. The average molecular weight is 2760 g/mol. The molecule has 10 heterocycles. The van der Waals surface area contributed by atoms with Gasteiger partial charge in [0.05, 0.1) is 49.8 Å². The van der Waals surface area contributed by atoms with E-state index in [0.717, 1.165) is 58.1 Å². The summed E-state index contributed by atoms with van der Waals surface area (Å²) in [6.07, 6.45) is -20.8. The molecule has 0 atom stereocenters. The summed E-state index contributed by atoms with van der Waals surface area (Å²) in [6, 6.07) is 26.9. The van der Waals surface area contributed by atoms with Gasteiger partial charge in [0.1, 0.15) is 36.1 Å². The molecular formula is C72H73Cl10F21N10Nb10-10. The van der Waals surface area contributed by atoms with Gasteiger partial charge in [-0.25, -0.2) is 24.9 Å². The van der Waals surface area contributed by atoms with Gasteiger partial charge in [0.2, 0.25) is 0 Å². The first kappa shape index (κ1) is 173. The van der Waals surface area contributed by atoms with Gasteiger partial charge >= 0.3 is 43.2 Å². The van der Waals surface area contributed by atoms with Crippen LogP contribution in [0.2, 0.25) is 51.1 Å². The van der Waals surface area contributed by atoms with Crippen molar-refractivity contribution in [3.05, 3.63) is 364 Å². The summed E-state index contributed by atoms with van der Waals surface area (Å²) in [7, 11) is 0. The van der Waals surface area contributed by atoms with Gasteiger partial charge in [0, 0.05) is 307 Å². The number of hydrogen-bond acceptors (Lipinski definition) is 10. The van der Waals surface area contributed by atoms with Gasteiger partial charge in [-0.05, 0) is 142 Å². The molecule has 688 valence electrons. The second-order valence-electron chi connectivity index (χ2n) is 18.7. The van der Waals surface area contributed by atoms with Crippen LogP contribution >= 0.6 is 116 Å². The fraction of sp³-hybridized carbons (Fsp3) is 0.167. The predicted octanol–water partition coefficient (Wildman–Crippen LogP) is 30.3. The van der Waals surface area contributed by atoms with E-state index >= 15 is 0 Å². The van der Waals surface area contributed by atoms with Gasteiger partial charge in [-0.15, -0.1) is 0 Å². The van der Waals surface area contributed by atoms with E-state index in [1.54, 1.807) is 18.5 Å². The van der Waals surface area contributed by atoms with Crippen molar-refractivity contribution < 1.29 is 316 Å². The number of aromatic nitrogens is 10. The predicted molar refractivity (Wildman–Crippen MR) is 415 cm³/mol. The van der Waals surface area contributed by atoms with Gasteiger partial charge in [-0.3, -0.25) is 24.9 Å².